The molecule has 0 saturated heterocycles. The third-order valence-electron chi connectivity index (χ3n) is 1.57. The number of benzene rings is 1. The highest BCUT2D eigenvalue weighted by Gasteiger charge is 2.17. The molecule has 0 unspecified atom stereocenters. The molecule has 4 N–H and O–H groups in total. The summed E-state index contributed by atoms with van der Waals surface area (Å²) in [6.07, 6.45) is 0. The zero-order valence-electron chi connectivity index (χ0n) is 10.8. The van der Waals surface area contributed by atoms with Gasteiger partial charge in [0, 0.05) is 0 Å². The van der Waals surface area contributed by atoms with E-state index >= 15 is 0 Å². The molecule has 0 aromatic heterocycles. The average molecular weight is 258 g/mol. The van der Waals surface area contributed by atoms with Crippen LogP contribution in [-0.4, -0.2) is 32.4 Å². The van der Waals surface area contributed by atoms with Crippen LogP contribution in [0.25, 0.3) is 0 Å². The van der Waals surface area contributed by atoms with Gasteiger partial charge in [-0.25, -0.2) is 9.59 Å². The van der Waals surface area contributed by atoms with Crippen LogP contribution in [0.1, 0.15) is 48.4 Å². The van der Waals surface area contributed by atoms with Crippen molar-refractivity contribution in [1.82, 2.24) is 0 Å². The fourth-order valence-electron chi connectivity index (χ4n) is 0.919. The number of aromatic hydroxyl groups is 2. The lowest BCUT2D eigenvalue weighted by Crippen LogP contribution is -2.01. The molecule has 6 heteroatoms. The molecular formula is C12H18O6. The van der Waals surface area contributed by atoms with Gasteiger partial charge in [-0.15, -0.1) is 0 Å². The molecular weight excluding hydrogens is 240 g/mol. The number of hydrogen-bond acceptors (Lipinski definition) is 4. The average Bonchev–Trinajstić information content (AvgIpc) is 2.36. The van der Waals surface area contributed by atoms with Gasteiger partial charge in [-0.2, -0.15) is 0 Å². The molecule has 0 atom stereocenters. The molecule has 1 rings (SSSR count). The van der Waals surface area contributed by atoms with E-state index in [1.165, 1.54) is 0 Å². The summed E-state index contributed by atoms with van der Waals surface area (Å²) >= 11 is 0. The van der Waals surface area contributed by atoms with Gasteiger partial charge in [-0.1, -0.05) is 27.7 Å². The Balaban J connectivity index is 0. The van der Waals surface area contributed by atoms with Crippen LogP contribution in [0.2, 0.25) is 0 Å². The number of carboxylic acids is 2. The lowest BCUT2D eigenvalue weighted by molar-refractivity contribution is 0.0675. The first-order chi connectivity index (χ1) is 8.43. The maximum Gasteiger partial charge on any atom is 0.339 e. The molecule has 0 saturated carbocycles. The van der Waals surface area contributed by atoms with E-state index in [4.69, 9.17) is 20.4 Å². The van der Waals surface area contributed by atoms with Crippen molar-refractivity contribution in [3.63, 3.8) is 0 Å². The van der Waals surface area contributed by atoms with Gasteiger partial charge in [0.05, 0.1) is 0 Å². The SMILES string of the molecule is CC.CC.O=C(O)c1cc(O)c(C(=O)O)cc1O. The molecule has 0 aliphatic carbocycles. The van der Waals surface area contributed by atoms with Crippen molar-refractivity contribution in [2.45, 2.75) is 27.7 Å². The Morgan fingerprint density at radius 2 is 1.00 bits per heavy atom. The minimum atomic E-state index is -1.45. The molecule has 0 amide bonds. The molecule has 0 spiro atoms. The highest BCUT2D eigenvalue weighted by molar-refractivity contribution is 5.96. The van der Waals surface area contributed by atoms with Gasteiger partial charge in [0.25, 0.3) is 0 Å². The maximum absolute atomic E-state index is 10.4. The summed E-state index contributed by atoms with van der Waals surface area (Å²) < 4.78 is 0. The molecule has 102 valence electrons. The quantitative estimate of drug-likeness (QED) is 0.606. The van der Waals surface area contributed by atoms with Gasteiger partial charge >= 0.3 is 11.9 Å². The topological polar surface area (TPSA) is 115 Å². The van der Waals surface area contributed by atoms with Crippen molar-refractivity contribution in [3.8, 4) is 11.5 Å². The molecule has 0 radical (unpaired) electrons. The maximum atomic E-state index is 10.4. The van der Waals surface area contributed by atoms with Gasteiger partial charge in [0.15, 0.2) is 0 Å². The van der Waals surface area contributed by atoms with Gasteiger partial charge in [0.1, 0.15) is 22.6 Å². The second kappa shape index (κ2) is 8.86. The minimum Gasteiger partial charge on any atom is -0.507 e. The predicted molar refractivity (Wildman–Crippen MR) is 66.4 cm³/mol. The van der Waals surface area contributed by atoms with Crippen LogP contribution in [0.5, 0.6) is 11.5 Å². The lowest BCUT2D eigenvalue weighted by Gasteiger charge is -2.03. The summed E-state index contributed by atoms with van der Waals surface area (Å²) in [6.45, 7) is 8.00. The summed E-state index contributed by atoms with van der Waals surface area (Å²) in [4.78, 5) is 20.9. The highest BCUT2D eigenvalue weighted by Crippen LogP contribution is 2.27. The second-order valence-electron chi connectivity index (χ2n) is 2.50. The Kier molecular flexibility index (Phi) is 8.93. The third kappa shape index (κ3) is 4.73. The van der Waals surface area contributed by atoms with Crippen LogP contribution in [-0.2, 0) is 0 Å². The first kappa shape index (κ1) is 18.1. The molecule has 0 bridgehead atoms. The summed E-state index contributed by atoms with van der Waals surface area (Å²) in [5.74, 6) is -4.30. The molecule has 0 fully saturated rings. The second-order valence-corrected chi connectivity index (χ2v) is 2.50. The van der Waals surface area contributed by atoms with Crippen LogP contribution < -0.4 is 0 Å². The van der Waals surface area contributed by atoms with Crippen molar-refractivity contribution in [2.75, 3.05) is 0 Å². The van der Waals surface area contributed by atoms with Crippen LogP contribution in [0.4, 0.5) is 0 Å². The van der Waals surface area contributed by atoms with Crippen molar-refractivity contribution in [3.05, 3.63) is 23.3 Å². The molecule has 1 aromatic rings. The van der Waals surface area contributed by atoms with E-state index in [1.807, 2.05) is 27.7 Å². The third-order valence-corrected chi connectivity index (χ3v) is 1.57. The van der Waals surface area contributed by atoms with Gasteiger partial charge in [-0.3, -0.25) is 0 Å². The van der Waals surface area contributed by atoms with Crippen LogP contribution in [0.3, 0.4) is 0 Å². The Bertz CT molecular complexity index is 372. The van der Waals surface area contributed by atoms with E-state index in [0.29, 0.717) is 12.1 Å². The lowest BCUT2D eigenvalue weighted by atomic mass is 10.1. The smallest absolute Gasteiger partial charge is 0.339 e. The van der Waals surface area contributed by atoms with E-state index in [1.54, 1.807) is 0 Å². The van der Waals surface area contributed by atoms with E-state index in [2.05, 4.69) is 0 Å². The fourth-order valence-corrected chi connectivity index (χ4v) is 0.919. The monoisotopic (exact) mass is 258 g/mol. The van der Waals surface area contributed by atoms with E-state index in [-0.39, 0.29) is 0 Å². The zero-order chi connectivity index (χ0) is 14.9. The first-order valence-corrected chi connectivity index (χ1v) is 5.46. The van der Waals surface area contributed by atoms with Gasteiger partial charge < -0.3 is 20.4 Å². The summed E-state index contributed by atoms with van der Waals surface area (Å²) in [5.41, 5.74) is -1.10. The number of carboxylic acid groups (broad SMARTS) is 2. The summed E-state index contributed by atoms with van der Waals surface area (Å²) in [6, 6.07) is 1.36. The Labute approximate surface area is 105 Å². The van der Waals surface area contributed by atoms with E-state index in [0.717, 1.165) is 0 Å². The van der Waals surface area contributed by atoms with E-state index in [9.17, 15) is 9.59 Å². The molecule has 0 aliphatic heterocycles. The summed E-state index contributed by atoms with van der Waals surface area (Å²) in [5, 5.41) is 35.2. The Morgan fingerprint density at radius 1 is 0.778 bits per heavy atom. The van der Waals surface area contributed by atoms with Crippen molar-refractivity contribution >= 4 is 11.9 Å². The van der Waals surface area contributed by atoms with Gasteiger partial charge in [-0.05, 0) is 12.1 Å². The number of phenols is 2. The normalized spacial score (nSPS) is 8.22. The minimum absolute atomic E-state index is 0.549. The van der Waals surface area contributed by atoms with Crippen molar-refractivity contribution in [1.29, 1.82) is 0 Å². The standard InChI is InChI=1S/C8H6O6.2C2H6/c9-5-1-3(7(11)12)6(10)2-4(5)8(13)14;2*1-2/h1-2,9-10H,(H,11,12)(H,13,14);2*1-2H3. The predicted octanol–water partition coefficient (Wildman–Crippen LogP) is 2.55. The largest absolute Gasteiger partial charge is 0.507 e. The molecule has 6 nitrogen and oxygen atoms in total. The molecule has 18 heavy (non-hydrogen) atoms. The number of aromatic carboxylic acids is 2. The zero-order valence-corrected chi connectivity index (χ0v) is 10.8. The molecule has 0 heterocycles. The highest BCUT2D eigenvalue weighted by atomic mass is 16.4. The van der Waals surface area contributed by atoms with Crippen molar-refractivity contribution < 1.29 is 30.0 Å². The van der Waals surface area contributed by atoms with E-state index < -0.39 is 34.6 Å². The first-order valence-electron chi connectivity index (χ1n) is 5.46. The van der Waals surface area contributed by atoms with Crippen LogP contribution in [0.15, 0.2) is 12.1 Å². The van der Waals surface area contributed by atoms with Crippen molar-refractivity contribution in [2.24, 2.45) is 0 Å². The number of hydrogen-bond donors (Lipinski definition) is 4. The molecule has 0 aliphatic rings. The Hall–Kier alpha value is -2.24. The van der Waals surface area contributed by atoms with Crippen LogP contribution >= 0.6 is 0 Å². The number of rotatable bonds is 2. The Morgan fingerprint density at radius 3 is 1.17 bits per heavy atom. The fraction of sp³-hybridized carbons (Fsp3) is 0.333. The molecule has 1 aromatic carbocycles. The summed E-state index contributed by atoms with van der Waals surface area (Å²) in [7, 11) is 0. The number of carbonyl (C=O) groups is 2. The van der Waals surface area contributed by atoms with Gasteiger partial charge in [0.2, 0.25) is 0 Å². The van der Waals surface area contributed by atoms with Crippen LogP contribution in [0, 0.1) is 0 Å².